The molecule has 2 aromatic carbocycles. The number of aliphatic hydroxyl groups is 1. The first-order valence-corrected chi connectivity index (χ1v) is 9.55. The lowest BCUT2D eigenvalue weighted by Gasteiger charge is -2.36. The monoisotopic (exact) mass is 416 g/mol. The molecule has 2 aromatic rings. The summed E-state index contributed by atoms with van der Waals surface area (Å²) < 4.78 is 24.6. The van der Waals surface area contributed by atoms with Crippen molar-refractivity contribution in [2.45, 2.75) is 37.1 Å². The van der Waals surface area contributed by atoms with Crippen LogP contribution in [-0.2, 0) is 9.53 Å². The molecule has 4 N–H and O–H groups in total. The van der Waals surface area contributed by atoms with Crippen LogP contribution in [0.4, 0.5) is 20.6 Å². The van der Waals surface area contributed by atoms with Gasteiger partial charge in [-0.25, -0.2) is 9.18 Å². The molecule has 0 spiro atoms. The number of amides is 2. The molecule has 9 heteroatoms. The van der Waals surface area contributed by atoms with E-state index in [9.17, 15) is 19.1 Å². The van der Waals surface area contributed by atoms with Gasteiger partial charge in [-0.3, -0.25) is 4.79 Å². The molecule has 0 saturated carbocycles. The van der Waals surface area contributed by atoms with Crippen molar-refractivity contribution >= 4 is 23.4 Å². The van der Waals surface area contributed by atoms with Gasteiger partial charge in [-0.05, 0) is 48.9 Å². The fraction of sp³-hybridized carbons (Fsp3) is 0.333. The van der Waals surface area contributed by atoms with E-state index in [1.165, 1.54) is 24.3 Å². The summed E-state index contributed by atoms with van der Waals surface area (Å²) in [5.74, 6) is -0.903. The largest absolute Gasteiger partial charge is 0.487 e. The molecule has 2 amide bonds. The summed E-state index contributed by atoms with van der Waals surface area (Å²) in [5, 5.41) is 24.1. The van der Waals surface area contributed by atoms with Crippen LogP contribution in [0.3, 0.4) is 0 Å². The van der Waals surface area contributed by atoms with E-state index in [0.29, 0.717) is 23.5 Å². The molecule has 1 fully saturated rings. The van der Waals surface area contributed by atoms with Crippen molar-refractivity contribution in [3.63, 3.8) is 0 Å². The summed E-state index contributed by atoms with van der Waals surface area (Å²) in [6, 6.07) is 10.1. The Morgan fingerprint density at radius 3 is 2.50 bits per heavy atom. The van der Waals surface area contributed by atoms with Gasteiger partial charge in [0.05, 0.1) is 19.1 Å². The van der Waals surface area contributed by atoms with Crippen molar-refractivity contribution in [3.8, 4) is 5.75 Å². The number of hydrogen-bond donors (Lipinski definition) is 4. The lowest BCUT2D eigenvalue weighted by molar-refractivity contribution is -0.153. The number of urea groups is 1. The van der Waals surface area contributed by atoms with E-state index in [4.69, 9.17) is 14.6 Å². The zero-order valence-electron chi connectivity index (χ0n) is 15.9. The average Bonchev–Trinajstić information content (AvgIpc) is 3.06. The Kier molecular flexibility index (Phi) is 5.56. The quantitative estimate of drug-likeness (QED) is 0.595. The number of carbonyl (C=O) groups is 2. The summed E-state index contributed by atoms with van der Waals surface area (Å²) in [6.45, 7) is -0.281. The van der Waals surface area contributed by atoms with Gasteiger partial charge in [0.25, 0.3) is 0 Å². The molecule has 0 unspecified atom stereocenters. The van der Waals surface area contributed by atoms with Gasteiger partial charge >= 0.3 is 12.0 Å². The molecule has 8 nitrogen and oxygen atoms in total. The molecule has 158 valence electrons. The molecular formula is C21H21FN2O6. The van der Waals surface area contributed by atoms with Gasteiger partial charge in [0.2, 0.25) is 0 Å². The van der Waals surface area contributed by atoms with Crippen LogP contribution in [0, 0.1) is 5.82 Å². The average molecular weight is 416 g/mol. The number of carboxylic acids is 1. The highest BCUT2D eigenvalue weighted by Crippen LogP contribution is 2.47. The van der Waals surface area contributed by atoms with Crippen molar-refractivity contribution in [2.75, 3.05) is 17.2 Å². The number of halogens is 1. The van der Waals surface area contributed by atoms with Crippen LogP contribution in [0.5, 0.6) is 5.75 Å². The molecule has 4 atom stereocenters. The minimum absolute atomic E-state index is 0.155. The van der Waals surface area contributed by atoms with E-state index in [1.807, 2.05) is 0 Å². The molecule has 2 heterocycles. The van der Waals surface area contributed by atoms with Crippen molar-refractivity contribution in [2.24, 2.45) is 0 Å². The van der Waals surface area contributed by atoms with E-state index in [2.05, 4.69) is 10.6 Å². The highest BCUT2D eigenvalue weighted by molar-refractivity contribution is 5.99. The minimum Gasteiger partial charge on any atom is -0.487 e. The number of aliphatic hydroxyl groups excluding tert-OH is 1. The topological polar surface area (TPSA) is 117 Å². The Hall–Kier alpha value is -3.17. The highest BCUT2D eigenvalue weighted by atomic mass is 19.1. The first-order chi connectivity index (χ1) is 14.4. The van der Waals surface area contributed by atoms with Crippen molar-refractivity contribution in [3.05, 3.63) is 53.8 Å². The van der Waals surface area contributed by atoms with Crippen molar-refractivity contribution in [1.29, 1.82) is 0 Å². The molecule has 1 saturated heterocycles. The molecule has 2 aliphatic rings. The number of nitrogens with one attached hydrogen (secondary N) is 2. The second-order valence-corrected chi connectivity index (χ2v) is 7.34. The number of hydrogen-bond acceptors (Lipinski definition) is 5. The smallest absolute Gasteiger partial charge is 0.323 e. The second kappa shape index (κ2) is 8.29. The molecule has 2 aliphatic heterocycles. The number of rotatable bonds is 5. The van der Waals surface area contributed by atoms with Gasteiger partial charge in [0.15, 0.2) is 0 Å². The van der Waals surface area contributed by atoms with Crippen LogP contribution >= 0.6 is 0 Å². The standard InChI is InChI=1S/C21H21FN2O6/c22-11-1-3-12(4-2-11)23-21(28)24-13-5-6-17-15(7-13)16-8-14(9-19(26)27)29-18(10-25)20(16)30-17/h1-7,14,16,18,20,25H,8-10H2,(H,26,27)(H2,23,24,28)/t14-,16+,18-,20-/m0/s1. The summed E-state index contributed by atoms with van der Waals surface area (Å²) >= 11 is 0. The third-order valence-corrected chi connectivity index (χ3v) is 5.26. The molecule has 4 rings (SSSR count). The summed E-state index contributed by atoms with van der Waals surface area (Å²) in [7, 11) is 0. The predicted molar refractivity (Wildman–Crippen MR) is 105 cm³/mol. The predicted octanol–water partition coefficient (Wildman–Crippen LogP) is 2.94. The Labute approximate surface area is 171 Å². The van der Waals surface area contributed by atoms with Gasteiger partial charge in [0.1, 0.15) is 23.8 Å². The van der Waals surface area contributed by atoms with E-state index in [-0.39, 0.29) is 18.9 Å². The Morgan fingerprint density at radius 1 is 1.10 bits per heavy atom. The number of ether oxygens (including phenoxy) is 2. The fourth-order valence-electron chi connectivity index (χ4n) is 3.99. The summed E-state index contributed by atoms with van der Waals surface area (Å²) in [6.07, 6.45) is -1.30. The molecule has 0 aliphatic carbocycles. The number of benzene rings is 2. The number of carboxylic acid groups (broad SMARTS) is 1. The Balaban J connectivity index is 1.49. The molecule has 0 radical (unpaired) electrons. The summed E-state index contributed by atoms with van der Waals surface area (Å²) in [5.41, 5.74) is 1.81. The Bertz CT molecular complexity index is 951. The van der Waals surface area contributed by atoms with Crippen LogP contribution < -0.4 is 15.4 Å². The highest BCUT2D eigenvalue weighted by Gasteiger charge is 2.46. The summed E-state index contributed by atoms with van der Waals surface area (Å²) in [4.78, 5) is 23.4. The fourth-order valence-corrected chi connectivity index (χ4v) is 3.99. The van der Waals surface area contributed by atoms with Gasteiger partial charge in [-0.1, -0.05) is 0 Å². The molecule has 30 heavy (non-hydrogen) atoms. The van der Waals surface area contributed by atoms with Gasteiger partial charge in [0, 0.05) is 22.9 Å². The van der Waals surface area contributed by atoms with E-state index < -0.39 is 36.1 Å². The maximum Gasteiger partial charge on any atom is 0.323 e. The van der Waals surface area contributed by atoms with Gasteiger partial charge in [-0.2, -0.15) is 0 Å². The van der Waals surface area contributed by atoms with Crippen LogP contribution in [-0.4, -0.2) is 47.1 Å². The van der Waals surface area contributed by atoms with E-state index in [0.717, 1.165) is 5.56 Å². The molecular weight excluding hydrogens is 395 g/mol. The van der Waals surface area contributed by atoms with Crippen molar-refractivity contribution in [1.82, 2.24) is 0 Å². The second-order valence-electron chi connectivity index (χ2n) is 7.34. The lowest BCUT2D eigenvalue weighted by Crippen LogP contribution is -2.46. The van der Waals surface area contributed by atoms with Crippen LogP contribution in [0.1, 0.15) is 24.3 Å². The zero-order chi connectivity index (χ0) is 21.3. The van der Waals surface area contributed by atoms with Crippen LogP contribution in [0.2, 0.25) is 0 Å². The molecule has 0 bridgehead atoms. The molecule has 0 aromatic heterocycles. The first kappa shape index (κ1) is 20.1. The van der Waals surface area contributed by atoms with E-state index >= 15 is 0 Å². The SMILES string of the molecule is O=C(O)C[C@@H]1C[C@@H]2c3cc(NC(=O)Nc4ccc(F)cc4)ccc3O[C@@H]2[C@H](CO)O1. The lowest BCUT2D eigenvalue weighted by atomic mass is 9.84. The maximum absolute atomic E-state index is 13.0. The first-order valence-electron chi connectivity index (χ1n) is 9.55. The van der Waals surface area contributed by atoms with E-state index in [1.54, 1.807) is 18.2 Å². The van der Waals surface area contributed by atoms with Gasteiger partial charge in [-0.15, -0.1) is 0 Å². The number of fused-ring (bicyclic) bond motifs is 3. The van der Waals surface area contributed by atoms with Gasteiger partial charge < -0.3 is 30.3 Å². The Morgan fingerprint density at radius 2 is 1.80 bits per heavy atom. The third kappa shape index (κ3) is 4.22. The van der Waals surface area contributed by atoms with Crippen LogP contribution in [0.15, 0.2) is 42.5 Å². The van der Waals surface area contributed by atoms with Crippen molar-refractivity contribution < 1.29 is 33.7 Å². The number of carbonyl (C=O) groups excluding carboxylic acids is 1. The third-order valence-electron chi connectivity index (χ3n) is 5.26. The number of anilines is 2. The number of aliphatic carboxylic acids is 1. The minimum atomic E-state index is -0.970. The normalized spacial score (nSPS) is 24.3. The van der Waals surface area contributed by atoms with Crippen LogP contribution in [0.25, 0.3) is 0 Å². The zero-order valence-corrected chi connectivity index (χ0v) is 15.9. The maximum atomic E-state index is 13.0.